The van der Waals surface area contributed by atoms with Gasteiger partial charge < -0.3 is 0 Å². The van der Waals surface area contributed by atoms with Crippen LogP contribution in [0.4, 0.5) is 0 Å². The summed E-state index contributed by atoms with van der Waals surface area (Å²) in [4.78, 5) is 0. The zero-order valence-corrected chi connectivity index (χ0v) is 10.8. The number of halogens is 4. The van der Waals surface area contributed by atoms with Gasteiger partial charge in [0.15, 0.2) is 3.79 Å². The number of hydrogen-bond acceptors (Lipinski definition) is 0. The van der Waals surface area contributed by atoms with E-state index >= 15 is 0 Å². The Bertz CT molecular complexity index is 100. The van der Waals surface area contributed by atoms with Crippen molar-refractivity contribution in [3.63, 3.8) is 0 Å². The zero-order valence-electron chi connectivity index (χ0n) is 6.42. The minimum atomic E-state index is -1.07. The first-order valence-electron chi connectivity index (χ1n) is 3.66. The first kappa shape index (κ1) is 12.6. The fraction of sp³-hybridized carbons (Fsp3) is 1.00. The van der Waals surface area contributed by atoms with Crippen molar-refractivity contribution in [3.8, 4) is 0 Å². The largest absolute Gasteiger partial charge is 0.191 e. The van der Waals surface area contributed by atoms with Gasteiger partial charge in [0.1, 0.15) is 0 Å². The van der Waals surface area contributed by atoms with Crippen LogP contribution in [0, 0.1) is 0 Å². The lowest BCUT2D eigenvalue weighted by Gasteiger charge is -2.15. The molecule has 0 aromatic rings. The molecule has 0 aliphatic carbocycles. The van der Waals surface area contributed by atoms with E-state index in [0.29, 0.717) is 10.3 Å². The standard InChI is InChI=1S/C7H12Cl3I/c1-2-3-4-6(11)5-7(8,9)10/h6H,2-5H2,1H3. The van der Waals surface area contributed by atoms with Crippen LogP contribution < -0.4 is 0 Å². The molecule has 0 fully saturated rings. The summed E-state index contributed by atoms with van der Waals surface area (Å²) in [7, 11) is 0. The number of unbranched alkanes of at least 4 members (excludes halogenated alkanes) is 1. The normalized spacial score (nSPS) is 15.0. The minimum Gasteiger partial charge on any atom is -0.0837 e. The second kappa shape index (κ2) is 6.11. The van der Waals surface area contributed by atoms with Crippen LogP contribution in [0.5, 0.6) is 0 Å². The molecule has 0 radical (unpaired) electrons. The molecule has 0 bridgehead atoms. The Balaban J connectivity index is 3.44. The van der Waals surface area contributed by atoms with Gasteiger partial charge in [-0.3, -0.25) is 0 Å². The summed E-state index contributed by atoms with van der Waals surface area (Å²) in [5, 5.41) is 0. The van der Waals surface area contributed by atoms with Crippen LogP contribution in [0.25, 0.3) is 0 Å². The molecule has 4 heteroatoms. The molecule has 0 saturated heterocycles. The van der Waals surface area contributed by atoms with Gasteiger partial charge in [-0.25, -0.2) is 0 Å². The van der Waals surface area contributed by atoms with Gasteiger partial charge in [0.25, 0.3) is 0 Å². The predicted octanol–water partition coefficient (Wildman–Crippen LogP) is 4.74. The van der Waals surface area contributed by atoms with E-state index in [1.807, 2.05) is 0 Å². The fourth-order valence-electron chi connectivity index (χ4n) is 0.779. The summed E-state index contributed by atoms with van der Waals surface area (Å²) in [5.41, 5.74) is 0. The smallest absolute Gasteiger partial charge is 0.0837 e. The van der Waals surface area contributed by atoms with Crippen molar-refractivity contribution in [2.24, 2.45) is 0 Å². The van der Waals surface area contributed by atoms with Crippen molar-refractivity contribution in [2.45, 2.75) is 40.3 Å². The molecule has 0 nitrogen and oxygen atoms in total. The van der Waals surface area contributed by atoms with Gasteiger partial charge in [-0.1, -0.05) is 77.2 Å². The first-order chi connectivity index (χ1) is 4.95. The highest BCUT2D eigenvalue weighted by Gasteiger charge is 2.23. The number of rotatable bonds is 4. The van der Waals surface area contributed by atoms with E-state index in [0.717, 1.165) is 6.42 Å². The van der Waals surface area contributed by atoms with E-state index in [9.17, 15) is 0 Å². The maximum atomic E-state index is 5.63. The average molecular weight is 329 g/mol. The molecule has 0 N–H and O–H groups in total. The SMILES string of the molecule is CCCCC(I)CC(Cl)(Cl)Cl. The molecule has 68 valence electrons. The molecule has 0 rings (SSSR count). The van der Waals surface area contributed by atoms with Gasteiger partial charge in [-0.15, -0.1) is 0 Å². The Kier molecular flexibility index (Phi) is 7.00. The van der Waals surface area contributed by atoms with Gasteiger partial charge in [-0.05, 0) is 6.42 Å². The van der Waals surface area contributed by atoms with Crippen LogP contribution in [-0.4, -0.2) is 7.72 Å². The average Bonchev–Trinajstić information content (AvgIpc) is 1.79. The fourth-order valence-corrected chi connectivity index (χ4v) is 3.22. The third-order valence-electron chi connectivity index (χ3n) is 1.32. The Labute approximate surface area is 97.1 Å². The van der Waals surface area contributed by atoms with Gasteiger partial charge >= 0.3 is 0 Å². The van der Waals surface area contributed by atoms with Crippen LogP contribution in [-0.2, 0) is 0 Å². The van der Waals surface area contributed by atoms with Crippen molar-refractivity contribution in [3.05, 3.63) is 0 Å². The summed E-state index contributed by atoms with van der Waals surface area (Å²) in [5.74, 6) is 0. The summed E-state index contributed by atoms with van der Waals surface area (Å²) in [6.45, 7) is 2.17. The van der Waals surface area contributed by atoms with Crippen LogP contribution >= 0.6 is 57.4 Å². The molecule has 0 spiro atoms. The van der Waals surface area contributed by atoms with Gasteiger partial charge in [0, 0.05) is 10.3 Å². The second-order valence-electron chi connectivity index (χ2n) is 2.56. The monoisotopic (exact) mass is 328 g/mol. The van der Waals surface area contributed by atoms with Crippen LogP contribution in [0.1, 0.15) is 32.6 Å². The van der Waals surface area contributed by atoms with E-state index in [1.54, 1.807) is 0 Å². The Hall–Kier alpha value is 1.60. The highest BCUT2D eigenvalue weighted by molar-refractivity contribution is 14.1. The molecule has 0 amide bonds. The third-order valence-corrected chi connectivity index (χ3v) is 2.85. The molecular weight excluding hydrogens is 317 g/mol. The molecule has 11 heavy (non-hydrogen) atoms. The van der Waals surface area contributed by atoms with Gasteiger partial charge in [0.05, 0.1) is 0 Å². The minimum absolute atomic E-state index is 0.486. The summed E-state index contributed by atoms with van der Waals surface area (Å²) in [6.07, 6.45) is 4.22. The predicted molar refractivity (Wildman–Crippen MR) is 62.2 cm³/mol. The maximum absolute atomic E-state index is 5.63. The van der Waals surface area contributed by atoms with E-state index in [4.69, 9.17) is 34.8 Å². The third kappa shape index (κ3) is 9.51. The molecule has 0 aliphatic rings. The molecule has 1 atom stereocenters. The van der Waals surface area contributed by atoms with Gasteiger partial charge in [0.2, 0.25) is 0 Å². The number of alkyl halides is 4. The van der Waals surface area contributed by atoms with Crippen molar-refractivity contribution in [1.82, 2.24) is 0 Å². The van der Waals surface area contributed by atoms with E-state index in [2.05, 4.69) is 29.5 Å². The van der Waals surface area contributed by atoms with Crippen molar-refractivity contribution < 1.29 is 0 Å². The molecule has 0 saturated carbocycles. The summed E-state index contributed by atoms with van der Waals surface area (Å²) in [6, 6.07) is 0. The molecule has 0 aromatic carbocycles. The van der Waals surface area contributed by atoms with Crippen LogP contribution in [0.3, 0.4) is 0 Å². The summed E-state index contributed by atoms with van der Waals surface area (Å²) >= 11 is 19.2. The van der Waals surface area contributed by atoms with Gasteiger partial charge in [-0.2, -0.15) is 0 Å². The van der Waals surface area contributed by atoms with Crippen molar-refractivity contribution in [1.29, 1.82) is 0 Å². The number of hydrogen-bond donors (Lipinski definition) is 0. The quantitative estimate of drug-likeness (QED) is 0.516. The lowest BCUT2D eigenvalue weighted by molar-refractivity contribution is 0.670. The second-order valence-corrected chi connectivity index (χ2v) is 6.84. The Morgan fingerprint density at radius 2 is 1.91 bits per heavy atom. The van der Waals surface area contributed by atoms with Crippen molar-refractivity contribution >= 4 is 57.4 Å². The molecular formula is C7H12Cl3I. The maximum Gasteiger partial charge on any atom is 0.191 e. The van der Waals surface area contributed by atoms with Crippen molar-refractivity contribution in [2.75, 3.05) is 0 Å². The van der Waals surface area contributed by atoms with E-state index in [1.165, 1.54) is 12.8 Å². The molecule has 0 aromatic heterocycles. The Morgan fingerprint density at radius 1 is 1.36 bits per heavy atom. The first-order valence-corrected chi connectivity index (χ1v) is 6.04. The topological polar surface area (TPSA) is 0 Å². The van der Waals surface area contributed by atoms with E-state index < -0.39 is 3.79 Å². The van der Waals surface area contributed by atoms with Crippen LogP contribution in [0.2, 0.25) is 0 Å². The molecule has 0 aliphatic heterocycles. The highest BCUT2D eigenvalue weighted by Crippen LogP contribution is 2.34. The zero-order chi connectivity index (χ0) is 8.91. The summed E-state index contributed by atoms with van der Waals surface area (Å²) < 4.78 is -0.584. The highest BCUT2D eigenvalue weighted by atomic mass is 127. The van der Waals surface area contributed by atoms with E-state index in [-0.39, 0.29) is 0 Å². The lowest BCUT2D eigenvalue weighted by atomic mass is 10.2. The lowest BCUT2D eigenvalue weighted by Crippen LogP contribution is -2.10. The molecule has 1 unspecified atom stereocenters. The molecule has 0 heterocycles. The Morgan fingerprint density at radius 3 is 2.27 bits per heavy atom. The van der Waals surface area contributed by atoms with Crippen LogP contribution in [0.15, 0.2) is 0 Å².